The van der Waals surface area contributed by atoms with Crippen molar-refractivity contribution in [3.63, 3.8) is 0 Å². The molecule has 7 heteroatoms. The molecular formula is C14H14N4O3. The van der Waals surface area contributed by atoms with E-state index in [1.54, 1.807) is 42.5 Å². The molecule has 2 heterocycles. The number of nitrogens with one attached hydrogen (secondary N) is 2. The number of nitrogens with zero attached hydrogens (tertiary/aromatic N) is 2. The van der Waals surface area contributed by atoms with Crippen LogP contribution in [0.1, 0.15) is 15.9 Å². The van der Waals surface area contributed by atoms with Gasteiger partial charge in [0.05, 0.1) is 11.9 Å². The van der Waals surface area contributed by atoms with E-state index >= 15 is 0 Å². The first-order valence-corrected chi connectivity index (χ1v) is 6.43. The topological polar surface area (TPSA) is 87.3 Å². The van der Waals surface area contributed by atoms with Gasteiger partial charge in [-0.3, -0.25) is 14.7 Å². The first-order valence-electron chi connectivity index (χ1n) is 6.43. The fourth-order valence-electron chi connectivity index (χ4n) is 2.14. The van der Waals surface area contributed by atoms with Crippen LogP contribution in [0.15, 0.2) is 30.6 Å². The van der Waals surface area contributed by atoms with E-state index in [0.29, 0.717) is 23.5 Å². The van der Waals surface area contributed by atoms with Crippen LogP contribution in [-0.4, -0.2) is 40.6 Å². The second kappa shape index (κ2) is 5.28. The number of rotatable bonds is 3. The number of fused-ring (bicyclic) bond motifs is 1. The SMILES string of the molecule is CN(Cc1cn[nH]c1)C(=O)c1ccc2c(c1)OCC(=O)N2. The summed E-state index contributed by atoms with van der Waals surface area (Å²) in [5.74, 6) is 0.190. The van der Waals surface area contributed by atoms with E-state index in [9.17, 15) is 9.59 Å². The van der Waals surface area contributed by atoms with Crippen LogP contribution in [-0.2, 0) is 11.3 Å². The Morgan fingerprint density at radius 1 is 1.48 bits per heavy atom. The van der Waals surface area contributed by atoms with Crippen LogP contribution in [0.2, 0.25) is 0 Å². The molecule has 0 radical (unpaired) electrons. The normalized spacial score (nSPS) is 13.1. The molecule has 21 heavy (non-hydrogen) atoms. The third-order valence-electron chi connectivity index (χ3n) is 3.18. The summed E-state index contributed by atoms with van der Waals surface area (Å²) in [6.07, 6.45) is 3.42. The van der Waals surface area contributed by atoms with Gasteiger partial charge in [0.2, 0.25) is 0 Å². The highest BCUT2D eigenvalue weighted by atomic mass is 16.5. The summed E-state index contributed by atoms with van der Waals surface area (Å²) in [6, 6.07) is 4.98. The van der Waals surface area contributed by atoms with Gasteiger partial charge < -0.3 is 15.0 Å². The molecule has 1 aromatic heterocycles. The zero-order chi connectivity index (χ0) is 14.8. The third-order valence-corrected chi connectivity index (χ3v) is 3.18. The number of aromatic amines is 1. The van der Waals surface area contributed by atoms with Crippen molar-refractivity contribution >= 4 is 17.5 Å². The summed E-state index contributed by atoms with van der Waals surface area (Å²) in [5.41, 5.74) is 2.02. The van der Waals surface area contributed by atoms with Gasteiger partial charge in [-0.05, 0) is 18.2 Å². The molecule has 108 valence electrons. The van der Waals surface area contributed by atoms with Crippen LogP contribution >= 0.6 is 0 Å². The fraction of sp³-hybridized carbons (Fsp3) is 0.214. The number of benzene rings is 1. The smallest absolute Gasteiger partial charge is 0.262 e. The number of ether oxygens (including phenoxy) is 1. The number of anilines is 1. The standard InChI is InChI=1S/C14H14N4O3/c1-18(7-9-5-15-16-6-9)14(20)10-2-3-11-12(4-10)21-8-13(19)17-11/h2-6H,7-8H2,1H3,(H,15,16)(H,17,19). The zero-order valence-corrected chi connectivity index (χ0v) is 11.4. The molecule has 2 aromatic rings. The molecule has 0 fully saturated rings. The van der Waals surface area contributed by atoms with Gasteiger partial charge in [-0.25, -0.2) is 0 Å². The fourth-order valence-corrected chi connectivity index (χ4v) is 2.14. The molecule has 0 aliphatic carbocycles. The highest BCUT2D eigenvalue weighted by molar-refractivity contribution is 5.98. The maximum Gasteiger partial charge on any atom is 0.262 e. The molecule has 0 spiro atoms. The number of hydrogen-bond donors (Lipinski definition) is 2. The molecule has 0 unspecified atom stereocenters. The third kappa shape index (κ3) is 2.71. The first-order chi connectivity index (χ1) is 10.1. The number of hydrogen-bond acceptors (Lipinski definition) is 4. The molecule has 1 aliphatic heterocycles. The lowest BCUT2D eigenvalue weighted by atomic mass is 10.1. The molecule has 2 N–H and O–H groups in total. The van der Waals surface area contributed by atoms with Gasteiger partial charge >= 0.3 is 0 Å². The Morgan fingerprint density at radius 3 is 3.10 bits per heavy atom. The lowest BCUT2D eigenvalue weighted by Crippen LogP contribution is -2.28. The van der Waals surface area contributed by atoms with Crippen LogP contribution < -0.4 is 10.1 Å². The van der Waals surface area contributed by atoms with Crippen LogP contribution in [0.5, 0.6) is 5.75 Å². The predicted octanol–water partition coefficient (Wildman–Crippen LogP) is 1.01. The molecule has 3 rings (SSSR count). The summed E-state index contributed by atoms with van der Waals surface area (Å²) in [7, 11) is 1.72. The second-order valence-corrected chi connectivity index (χ2v) is 4.82. The van der Waals surface area contributed by atoms with Gasteiger partial charge in [0.15, 0.2) is 6.61 Å². The number of carbonyl (C=O) groups excluding carboxylic acids is 2. The Morgan fingerprint density at radius 2 is 2.33 bits per heavy atom. The van der Waals surface area contributed by atoms with Crippen molar-refractivity contribution in [3.05, 3.63) is 41.7 Å². The van der Waals surface area contributed by atoms with Crippen LogP contribution in [0.4, 0.5) is 5.69 Å². The minimum Gasteiger partial charge on any atom is -0.482 e. The summed E-state index contributed by atoms with van der Waals surface area (Å²) in [5, 5.41) is 9.25. The van der Waals surface area contributed by atoms with Crippen LogP contribution in [0.3, 0.4) is 0 Å². The Balaban J connectivity index is 1.77. The predicted molar refractivity (Wildman–Crippen MR) is 75.0 cm³/mol. The van der Waals surface area contributed by atoms with E-state index in [0.717, 1.165) is 5.56 Å². The van der Waals surface area contributed by atoms with Gasteiger partial charge in [-0.1, -0.05) is 0 Å². The van der Waals surface area contributed by atoms with E-state index in [-0.39, 0.29) is 18.4 Å². The average Bonchev–Trinajstić information content (AvgIpc) is 2.98. The number of amides is 2. The molecule has 0 saturated heterocycles. The molecular weight excluding hydrogens is 272 g/mol. The van der Waals surface area contributed by atoms with E-state index in [4.69, 9.17) is 4.74 Å². The number of aromatic nitrogens is 2. The summed E-state index contributed by atoms with van der Waals surface area (Å²) >= 11 is 0. The average molecular weight is 286 g/mol. The van der Waals surface area contributed by atoms with E-state index in [2.05, 4.69) is 15.5 Å². The van der Waals surface area contributed by atoms with E-state index in [1.807, 2.05) is 0 Å². The first kappa shape index (κ1) is 13.2. The van der Waals surface area contributed by atoms with Crippen LogP contribution in [0, 0.1) is 0 Å². The Labute approximate surface area is 120 Å². The quantitative estimate of drug-likeness (QED) is 0.881. The number of H-pyrrole nitrogens is 1. The molecule has 1 aliphatic rings. The monoisotopic (exact) mass is 286 g/mol. The minimum atomic E-state index is -0.196. The molecule has 1 aromatic carbocycles. The van der Waals surface area contributed by atoms with Gasteiger partial charge in [0.25, 0.3) is 11.8 Å². The van der Waals surface area contributed by atoms with Crippen molar-refractivity contribution in [2.24, 2.45) is 0 Å². The number of carbonyl (C=O) groups is 2. The van der Waals surface area contributed by atoms with E-state index < -0.39 is 0 Å². The van der Waals surface area contributed by atoms with Crippen molar-refractivity contribution in [1.82, 2.24) is 15.1 Å². The molecule has 2 amide bonds. The molecule has 0 saturated carbocycles. The Kier molecular flexibility index (Phi) is 3.31. The largest absolute Gasteiger partial charge is 0.482 e. The van der Waals surface area contributed by atoms with Crippen molar-refractivity contribution < 1.29 is 14.3 Å². The summed E-state index contributed by atoms with van der Waals surface area (Å²) in [4.78, 5) is 25.2. The van der Waals surface area contributed by atoms with Crippen molar-refractivity contribution in [2.75, 3.05) is 19.0 Å². The minimum absolute atomic E-state index is 0.0322. The Bertz CT molecular complexity index is 682. The van der Waals surface area contributed by atoms with E-state index in [1.165, 1.54) is 0 Å². The van der Waals surface area contributed by atoms with Crippen molar-refractivity contribution in [1.29, 1.82) is 0 Å². The van der Waals surface area contributed by atoms with Gasteiger partial charge in [-0.2, -0.15) is 5.10 Å². The van der Waals surface area contributed by atoms with Crippen LogP contribution in [0.25, 0.3) is 0 Å². The maximum absolute atomic E-state index is 12.4. The van der Waals surface area contributed by atoms with Gasteiger partial charge in [-0.15, -0.1) is 0 Å². The molecule has 0 atom stereocenters. The lowest BCUT2D eigenvalue weighted by molar-refractivity contribution is -0.118. The highest BCUT2D eigenvalue weighted by Crippen LogP contribution is 2.28. The second-order valence-electron chi connectivity index (χ2n) is 4.82. The molecule has 7 nitrogen and oxygen atoms in total. The maximum atomic E-state index is 12.4. The lowest BCUT2D eigenvalue weighted by Gasteiger charge is -2.20. The Hall–Kier alpha value is -2.83. The molecule has 0 bridgehead atoms. The summed E-state index contributed by atoms with van der Waals surface area (Å²) in [6.45, 7) is 0.430. The highest BCUT2D eigenvalue weighted by Gasteiger charge is 2.19. The summed E-state index contributed by atoms with van der Waals surface area (Å²) < 4.78 is 5.31. The van der Waals surface area contributed by atoms with Gasteiger partial charge in [0, 0.05) is 30.9 Å². The zero-order valence-electron chi connectivity index (χ0n) is 11.4. The van der Waals surface area contributed by atoms with Gasteiger partial charge in [0.1, 0.15) is 5.75 Å². The van der Waals surface area contributed by atoms with Crippen molar-refractivity contribution in [3.8, 4) is 5.75 Å². The van der Waals surface area contributed by atoms with Crippen molar-refractivity contribution in [2.45, 2.75) is 6.54 Å².